The van der Waals surface area contributed by atoms with Crippen LogP contribution in [-0.4, -0.2) is 21.9 Å². The van der Waals surface area contributed by atoms with E-state index in [1.807, 2.05) is 0 Å². The van der Waals surface area contributed by atoms with Gasteiger partial charge in [-0.25, -0.2) is 0 Å². The quantitative estimate of drug-likeness (QED) is 0.681. The van der Waals surface area contributed by atoms with Crippen LogP contribution in [0.25, 0.3) is 0 Å². The second-order valence-corrected chi connectivity index (χ2v) is 8.10. The zero-order valence-electron chi connectivity index (χ0n) is 11.4. The van der Waals surface area contributed by atoms with E-state index in [0.29, 0.717) is 23.7 Å². The van der Waals surface area contributed by atoms with E-state index in [4.69, 9.17) is 0 Å². The SMILES string of the molecule is CC12CCC3C(CC3(C)C)C(O)(CC(O)C1)C2. The molecule has 2 heteroatoms. The molecule has 2 N–H and O–H groups in total. The number of fused-ring (bicyclic) bond motifs is 4. The molecule has 3 rings (SSSR count). The molecular formula is C15H26O2. The van der Waals surface area contributed by atoms with Gasteiger partial charge in [0, 0.05) is 6.42 Å². The maximum atomic E-state index is 11.0. The highest BCUT2D eigenvalue weighted by Crippen LogP contribution is 2.64. The normalized spacial score (nSPS) is 56.6. The average molecular weight is 238 g/mol. The van der Waals surface area contributed by atoms with Crippen molar-refractivity contribution in [3.8, 4) is 0 Å². The summed E-state index contributed by atoms with van der Waals surface area (Å²) in [4.78, 5) is 0. The number of aliphatic hydroxyl groups is 2. The van der Waals surface area contributed by atoms with Crippen molar-refractivity contribution in [2.75, 3.05) is 0 Å². The molecule has 0 aromatic heterocycles. The highest BCUT2D eigenvalue weighted by atomic mass is 16.3. The fourth-order valence-electron chi connectivity index (χ4n) is 5.31. The minimum Gasteiger partial charge on any atom is -0.393 e. The van der Waals surface area contributed by atoms with E-state index < -0.39 is 5.60 Å². The van der Waals surface area contributed by atoms with Crippen molar-refractivity contribution in [3.05, 3.63) is 0 Å². The van der Waals surface area contributed by atoms with E-state index in [2.05, 4.69) is 20.8 Å². The Bertz CT molecular complexity index is 338. The van der Waals surface area contributed by atoms with Crippen LogP contribution >= 0.6 is 0 Å². The molecule has 0 aliphatic heterocycles. The maximum absolute atomic E-state index is 11.0. The first kappa shape index (κ1) is 12.0. The maximum Gasteiger partial charge on any atom is 0.0708 e. The van der Waals surface area contributed by atoms with E-state index >= 15 is 0 Å². The zero-order chi connectivity index (χ0) is 12.5. The van der Waals surface area contributed by atoms with Crippen molar-refractivity contribution in [3.63, 3.8) is 0 Å². The molecule has 0 amide bonds. The molecule has 0 heterocycles. The van der Waals surface area contributed by atoms with E-state index in [1.54, 1.807) is 0 Å². The summed E-state index contributed by atoms with van der Waals surface area (Å²) in [6.45, 7) is 6.94. The summed E-state index contributed by atoms with van der Waals surface area (Å²) in [6.07, 6.45) is 5.67. The Morgan fingerprint density at radius 3 is 2.35 bits per heavy atom. The van der Waals surface area contributed by atoms with Gasteiger partial charge in [-0.1, -0.05) is 20.8 Å². The molecule has 3 aliphatic rings. The van der Waals surface area contributed by atoms with Gasteiger partial charge in [-0.2, -0.15) is 0 Å². The van der Waals surface area contributed by atoms with Gasteiger partial charge in [0.2, 0.25) is 0 Å². The van der Waals surface area contributed by atoms with E-state index in [9.17, 15) is 10.2 Å². The predicted octanol–water partition coefficient (Wildman–Crippen LogP) is 2.72. The van der Waals surface area contributed by atoms with E-state index in [0.717, 1.165) is 19.3 Å². The van der Waals surface area contributed by atoms with Crippen LogP contribution in [0.5, 0.6) is 0 Å². The zero-order valence-corrected chi connectivity index (χ0v) is 11.4. The summed E-state index contributed by atoms with van der Waals surface area (Å²) in [6, 6.07) is 0. The average Bonchev–Trinajstić information content (AvgIpc) is 2.17. The summed E-state index contributed by atoms with van der Waals surface area (Å²) in [7, 11) is 0. The third-order valence-electron chi connectivity index (χ3n) is 6.04. The Morgan fingerprint density at radius 2 is 1.71 bits per heavy atom. The molecule has 2 nitrogen and oxygen atoms in total. The van der Waals surface area contributed by atoms with Gasteiger partial charge in [-0.15, -0.1) is 0 Å². The van der Waals surface area contributed by atoms with Crippen molar-refractivity contribution in [2.24, 2.45) is 22.7 Å². The van der Waals surface area contributed by atoms with Gasteiger partial charge in [0.05, 0.1) is 11.7 Å². The third-order valence-corrected chi connectivity index (χ3v) is 6.04. The molecule has 3 fully saturated rings. The highest BCUT2D eigenvalue weighted by Gasteiger charge is 2.61. The first-order valence-electron chi connectivity index (χ1n) is 7.15. The molecule has 3 saturated carbocycles. The van der Waals surface area contributed by atoms with E-state index in [-0.39, 0.29) is 11.5 Å². The molecule has 0 radical (unpaired) electrons. The molecule has 0 spiro atoms. The monoisotopic (exact) mass is 238 g/mol. The summed E-state index contributed by atoms with van der Waals surface area (Å²) >= 11 is 0. The molecule has 0 aromatic carbocycles. The smallest absolute Gasteiger partial charge is 0.0708 e. The van der Waals surface area contributed by atoms with Gasteiger partial charge in [0.15, 0.2) is 0 Å². The number of rotatable bonds is 0. The predicted molar refractivity (Wildman–Crippen MR) is 67.5 cm³/mol. The molecule has 5 atom stereocenters. The lowest BCUT2D eigenvalue weighted by atomic mass is 9.49. The largest absolute Gasteiger partial charge is 0.393 e. The molecule has 3 aliphatic carbocycles. The van der Waals surface area contributed by atoms with Gasteiger partial charge >= 0.3 is 0 Å². The van der Waals surface area contributed by atoms with Crippen LogP contribution in [0.15, 0.2) is 0 Å². The summed E-state index contributed by atoms with van der Waals surface area (Å²) in [5.41, 5.74) is -0.0118. The van der Waals surface area contributed by atoms with Crippen LogP contribution < -0.4 is 0 Å². The topological polar surface area (TPSA) is 40.5 Å². The van der Waals surface area contributed by atoms with Crippen molar-refractivity contribution in [1.29, 1.82) is 0 Å². The molecular weight excluding hydrogens is 212 g/mol. The van der Waals surface area contributed by atoms with Gasteiger partial charge in [-0.05, 0) is 54.8 Å². The number of hydrogen-bond acceptors (Lipinski definition) is 2. The lowest BCUT2D eigenvalue weighted by Gasteiger charge is -2.58. The van der Waals surface area contributed by atoms with Gasteiger partial charge in [-0.3, -0.25) is 0 Å². The number of hydrogen-bond donors (Lipinski definition) is 2. The fraction of sp³-hybridized carbons (Fsp3) is 1.00. The molecule has 98 valence electrons. The van der Waals surface area contributed by atoms with Crippen molar-refractivity contribution < 1.29 is 10.2 Å². The minimum atomic E-state index is -0.580. The lowest BCUT2D eigenvalue weighted by molar-refractivity contribution is -0.178. The van der Waals surface area contributed by atoms with Gasteiger partial charge < -0.3 is 10.2 Å². The van der Waals surface area contributed by atoms with Crippen LogP contribution in [0.3, 0.4) is 0 Å². The Morgan fingerprint density at radius 1 is 1.00 bits per heavy atom. The molecule has 17 heavy (non-hydrogen) atoms. The molecule has 2 bridgehead atoms. The van der Waals surface area contributed by atoms with Crippen LogP contribution in [-0.2, 0) is 0 Å². The van der Waals surface area contributed by atoms with Crippen molar-refractivity contribution >= 4 is 0 Å². The second kappa shape index (κ2) is 3.27. The van der Waals surface area contributed by atoms with Crippen LogP contribution in [0.1, 0.15) is 59.3 Å². The number of aliphatic hydroxyl groups excluding tert-OH is 1. The van der Waals surface area contributed by atoms with Crippen LogP contribution in [0.4, 0.5) is 0 Å². The van der Waals surface area contributed by atoms with Crippen LogP contribution in [0.2, 0.25) is 0 Å². The highest BCUT2D eigenvalue weighted by molar-refractivity contribution is 5.11. The summed E-state index contributed by atoms with van der Waals surface area (Å²) < 4.78 is 0. The molecule has 0 saturated heterocycles. The minimum absolute atomic E-state index is 0.167. The van der Waals surface area contributed by atoms with Gasteiger partial charge in [0.25, 0.3) is 0 Å². The fourth-order valence-corrected chi connectivity index (χ4v) is 5.31. The second-order valence-electron chi connectivity index (χ2n) is 8.10. The summed E-state index contributed by atoms with van der Waals surface area (Å²) in [5.74, 6) is 1.11. The Labute approximate surface area is 104 Å². The lowest BCUT2D eigenvalue weighted by Crippen LogP contribution is -2.57. The molecule has 5 unspecified atom stereocenters. The first-order valence-corrected chi connectivity index (χ1v) is 7.15. The Kier molecular flexibility index (Phi) is 2.30. The Hall–Kier alpha value is -0.0800. The first-order chi connectivity index (χ1) is 7.74. The van der Waals surface area contributed by atoms with Gasteiger partial charge in [0.1, 0.15) is 0 Å². The summed E-state index contributed by atoms with van der Waals surface area (Å²) in [5, 5.41) is 21.0. The third kappa shape index (κ3) is 1.67. The standard InChI is InChI=1S/C15H26O2/c1-13(2)8-12-11(13)4-5-14(3)6-10(16)7-15(12,17)9-14/h10-12,16-17H,4-9H2,1-3H3. The molecule has 0 aromatic rings. The van der Waals surface area contributed by atoms with Crippen molar-refractivity contribution in [2.45, 2.75) is 71.0 Å². The van der Waals surface area contributed by atoms with Crippen LogP contribution in [0, 0.1) is 22.7 Å². The van der Waals surface area contributed by atoms with E-state index in [1.165, 1.54) is 12.8 Å². The Balaban J connectivity index is 1.93. The van der Waals surface area contributed by atoms with Crippen molar-refractivity contribution in [1.82, 2.24) is 0 Å².